The van der Waals surface area contributed by atoms with E-state index in [1.807, 2.05) is 0 Å². The van der Waals surface area contributed by atoms with Gasteiger partial charge in [0.15, 0.2) is 0 Å². The lowest BCUT2D eigenvalue weighted by Gasteiger charge is -2.21. The minimum atomic E-state index is -0.298. The molecule has 0 fully saturated rings. The highest BCUT2D eigenvalue weighted by Crippen LogP contribution is 2.14. The van der Waals surface area contributed by atoms with E-state index in [1.54, 1.807) is 18.5 Å². The first kappa shape index (κ1) is 12.1. The van der Waals surface area contributed by atoms with Crippen LogP contribution in [0.4, 0.5) is 5.82 Å². The Morgan fingerprint density at radius 3 is 3.11 bits per heavy atom. The number of pyridine rings is 1. The highest BCUT2D eigenvalue weighted by molar-refractivity contribution is 6.30. The van der Waals surface area contributed by atoms with Gasteiger partial charge in [-0.2, -0.15) is 0 Å². The van der Waals surface area contributed by atoms with Crippen LogP contribution in [0.15, 0.2) is 24.7 Å². The summed E-state index contributed by atoms with van der Waals surface area (Å²) in [6.07, 6.45) is 3.71. The maximum absolute atomic E-state index is 12.1. The highest BCUT2D eigenvalue weighted by Gasteiger charge is 2.25. The van der Waals surface area contributed by atoms with E-state index in [0.717, 1.165) is 11.4 Å². The molecule has 2 aromatic rings. The fourth-order valence-electron chi connectivity index (χ4n) is 2.02. The number of rotatable bonds is 2. The molecule has 0 bridgehead atoms. The summed E-state index contributed by atoms with van der Waals surface area (Å²) in [5, 5.41) is 6.45. The third kappa shape index (κ3) is 2.59. The molecule has 7 heteroatoms. The topological polar surface area (TPSA) is 82.7 Å². The first-order valence-electron chi connectivity index (χ1n) is 5.89. The smallest absolute Gasteiger partial charge is 0.243 e. The average molecular weight is 278 g/mol. The van der Waals surface area contributed by atoms with Gasteiger partial charge in [0, 0.05) is 19.2 Å². The van der Waals surface area contributed by atoms with E-state index in [-0.39, 0.29) is 11.9 Å². The number of aromatic amines is 1. The molecule has 98 valence electrons. The lowest BCUT2D eigenvalue weighted by Crippen LogP contribution is -2.44. The normalized spacial score (nSPS) is 17.8. The molecular formula is C12H12ClN5O. The summed E-state index contributed by atoms with van der Waals surface area (Å²) in [6.45, 7) is 0.613. The predicted octanol–water partition coefficient (Wildman–Crippen LogP) is 1.11. The number of nitrogens with zero attached hydrogens (tertiary/aromatic N) is 2. The van der Waals surface area contributed by atoms with E-state index in [4.69, 9.17) is 11.6 Å². The molecule has 6 nitrogen and oxygen atoms in total. The van der Waals surface area contributed by atoms with Gasteiger partial charge in [-0.3, -0.25) is 10.1 Å². The van der Waals surface area contributed by atoms with E-state index in [1.165, 1.54) is 6.20 Å². The van der Waals surface area contributed by atoms with Crippen LogP contribution in [-0.2, 0) is 17.8 Å². The summed E-state index contributed by atoms with van der Waals surface area (Å²) in [6, 6.07) is 3.06. The molecule has 0 aliphatic carbocycles. The van der Waals surface area contributed by atoms with Gasteiger partial charge < -0.3 is 10.3 Å². The van der Waals surface area contributed by atoms with Crippen LogP contribution in [0.2, 0.25) is 5.02 Å². The molecule has 2 aromatic heterocycles. The second-order valence-electron chi connectivity index (χ2n) is 4.32. The molecule has 1 atom stereocenters. The van der Waals surface area contributed by atoms with Crippen LogP contribution < -0.4 is 10.6 Å². The van der Waals surface area contributed by atoms with Gasteiger partial charge in [0.2, 0.25) is 5.91 Å². The van der Waals surface area contributed by atoms with Crippen LogP contribution in [0.3, 0.4) is 0 Å². The molecule has 19 heavy (non-hydrogen) atoms. The number of carbonyl (C=O) groups excluding carboxylic acids is 1. The zero-order valence-corrected chi connectivity index (χ0v) is 10.7. The van der Waals surface area contributed by atoms with Crippen molar-refractivity contribution in [1.29, 1.82) is 0 Å². The molecule has 0 aromatic carbocycles. The summed E-state index contributed by atoms with van der Waals surface area (Å²) >= 11 is 5.74. The number of amides is 1. The first-order valence-corrected chi connectivity index (χ1v) is 6.27. The van der Waals surface area contributed by atoms with Crippen LogP contribution in [0.1, 0.15) is 11.4 Å². The number of H-pyrrole nitrogens is 1. The van der Waals surface area contributed by atoms with E-state index >= 15 is 0 Å². The number of hydrogen-bond donors (Lipinski definition) is 3. The average Bonchev–Trinajstić information content (AvgIpc) is 2.88. The van der Waals surface area contributed by atoms with Crippen molar-refractivity contribution in [3.05, 3.63) is 41.1 Å². The van der Waals surface area contributed by atoms with Crippen molar-refractivity contribution in [3.63, 3.8) is 0 Å². The van der Waals surface area contributed by atoms with Crippen molar-refractivity contribution < 1.29 is 4.79 Å². The van der Waals surface area contributed by atoms with E-state index in [0.29, 0.717) is 23.8 Å². The Hall–Kier alpha value is -1.92. The third-order valence-corrected chi connectivity index (χ3v) is 3.25. The number of fused-ring (bicyclic) bond motifs is 1. The molecule has 1 aliphatic heterocycles. The van der Waals surface area contributed by atoms with Crippen molar-refractivity contribution in [1.82, 2.24) is 20.3 Å². The van der Waals surface area contributed by atoms with Gasteiger partial charge in [-0.15, -0.1) is 0 Å². The third-order valence-electron chi connectivity index (χ3n) is 3.03. The molecular weight excluding hydrogens is 266 g/mol. The largest absolute Gasteiger partial charge is 0.347 e. The minimum absolute atomic E-state index is 0.122. The van der Waals surface area contributed by atoms with Crippen LogP contribution in [-0.4, -0.2) is 26.9 Å². The van der Waals surface area contributed by atoms with Gasteiger partial charge >= 0.3 is 0 Å². The summed E-state index contributed by atoms with van der Waals surface area (Å²) < 4.78 is 0. The Kier molecular flexibility index (Phi) is 3.18. The number of nitrogens with one attached hydrogen (secondary N) is 3. The van der Waals surface area contributed by atoms with Gasteiger partial charge in [-0.25, -0.2) is 9.97 Å². The van der Waals surface area contributed by atoms with Crippen molar-refractivity contribution in [2.45, 2.75) is 19.0 Å². The lowest BCUT2D eigenvalue weighted by atomic mass is 10.0. The molecule has 0 radical (unpaired) electrons. The van der Waals surface area contributed by atoms with Crippen LogP contribution in [0.25, 0.3) is 0 Å². The van der Waals surface area contributed by atoms with Crippen LogP contribution in [0, 0.1) is 0 Å². The second-order valence-corrected chi connectivity index (χ2v) is 4.75. The Bertz CT molecular complexity index is 594. The standard InChI is InChI=1S/C12H12ClN5O/c13-7-1-2-11(15-4-7)18-12(19)9-3-8-10(5-14-9)17-6-16-8/h1-2,4,6,9,14H,3,5H2,(H,16,17)(H,15,18,19). The first-order chi connectivity index (χ1) is 9.22. The van der Waals surface area contributed by atoms with Crippen molar-refractivity contribution in [2.75, 3.05) is 5.32 Å². The maximum atomic E-state index is 12.1. The molecule has 0 saturated carbocycles. The van der Waals surface area contributed by atoms with Gasteiger partial charge in [0.25, 0.3) is 0 Å². The van der Waals surface area contributed by atoms with Crippen LogP contribution >= 0.6 is 11.6 Å². The zero-order valence-electron chi connectivity index (χ0n) is 9.98. The quantitative estimate of drug-likeness (QED) is 0.768. The van der Waals surface area contributed by atoms with Crippen molar-refractivity contribution in [2.24, 2.45) is 0 Å². The molecule has 1 unspecified atom stereocenters. The fraction of sp³-hybridized carbons (Fsp3) is 0.250. The maximum Gasteiger partial charge on any atom is 0.243 e. The molecule has 1 amide bonds. The fourth-order valence-corrected chi connectivity index (χ4v) is 2.13. The number of hydrogen-bond acceptors (Lipinski definition) is 4. The molecule has 0 saturated heterocycles. The Balaban J connectivity index is 1.67. The highest BCUT2D eigenvalue weighted by atomic mass is 35.5. The van der Waals surface area contributed by atoms with Crippen molar-refractivity contribution in [3.8, 4) is 0 Å². The van der Waals surface area contributed by atoms with E-state index in [9.17, 15) is 4.79 Å². The molecule has 3 rings (SSSR count). The Morgan fingerprint density at radius 1 is 1.42 bits per heavy atom. The minimum Gasteiger partial charge on any atom is -0.347 e. The van der Waals surface area contributed by atoms with Gasteiger partial charge in [-0.05, 0) is 12.1 Å². The molecule has 1 aliphatic rings. The SMILES string of the molecule is O=C(Nc1ccc(Cl)cn1)C1Cc2nc[nH]c2CN1. The Labute approximate surface area is 114 Å². The summed E-state index contributed by atoms with van der Waals surface area (Å²) in [7, 11) is 0. The second kappa shape index (κ2) is 4.99. The van der Waals surface area contributed by atoms with E-state index < -0.39 is 0 Å². The van der Waals surface area contributed by atoms with Crippen LogP contribution in [0.5, 0.6) is 0 Å². The summed E-state index contributed by atoms with van der Waals surface area (Å²) in [4.78, 5) is 23.4. The van der Waals surface area contributed by atoms with Gasteiger partial charge in [0.05, 0.1) is 28.8 Å². The monoisotopic (exact) mass is 277 g/mol. The lowest BCUT2D eigenvalue weighted by molar-refractivity contribution is -0.118. The number of anilines is 1. The molecule has 3 heterocycles. The molecule has 0 spiro atoms. The number of imidazole rings is 1. The number of carbonyl (C=O) groups is 1. The van der Waals surface area contributed by atoms with E-state index in [2.05, 4.69) is 25.6 Å². The summed E-state index contributed by atoms with van der Waals surface area (Å²) in [5.74, 6) is 0.368. The number of halogens is 1. The summed E-state index contributed by atoms with van der Waals surface area (Å²) in [5.41, 5.74) is 1.97. The number of aromatic nitrogens is 3. The van der Waals surface area contributed by atoms with Crippen molar-refractivity contribution >= 4 is 23.3 Å². The van der Waals surface area contributed by atoms with Gasteiger partial charge in [0.1, 0.15) is 5.82 Å². The van der Waals surface area contributed by atoms with Gasteiger partial charge in [-0.1, -0.05) is 11.6 Å². The molecule has 3 N–H and O–H groups in total. The Morgan fingerprint density at radius 2 is 2.32 bits per heavy atom. The zero-order chi connectivity index (χ0) is 13.2. The predicted molar refractivity (Wildman–Crippen MR) is 70.8 cm³/mol.